The zero-order chi connectivity index (χ0) is 13.0. The third kappa shape index (κ3) is 2.70. The van der Waals surface area contributed by atoms with Crippen molar-refractivity contribution >= 4 is 28.9 Å². The second-order valence-corrected chi connectivity index (χ2v) is 4.44. The predicted molar refractivity (Wildman–Crippen MR) is 70.8 cm³/mol. The zero-order valence-corrected chi connectivity index (χ0v) is 10.1. The smallest absolute Gasteiger partial charge is 0.276 e. The normalized spacial score (nSPS) is 10.7. The van der Waals surface area contributed by atoms with Crippen LogP contribution in [-0.4, -0.2) is 10.7 Å². The van der Waals surface area contributed by atoms with Crippen molar-refractivity contribution in [3.8, 4) is 0 Å². The molecule has 0 unspecified atom stereocenters. The first kappa shape index (κ1) is 12.2. The molecule has 0 aliphatic carbocycles. The molecule has 0 amide bonds. The maximum absolute atomic E-state index is 11.7. The van der Waals surface area contributed by atoms with Gasteiger partial charge in [-0.1, -0.05) is 18.2 Å². The zero-order valence-electron chi connectivity index (χ0n) is 9.28. The molecular formula is C13H9NO3S. The molecule has 0 saturated carbocycles. The molecule has 4 nitrogen and oxygen atoms in total. The Morgan fingerprint density at radius 1 is 1.22 bits per heavy atom. The SMILES string of the molecule is O=C(/C=C/c1ccccc1[N+](=O)[O-])c1cccs1. The number of rotatable bonds is 4. The average molecular weight is 259 g/mol. The fourth-order valence-electron chi connectivity index (χ4n) is 1.46. The van der Waals surface area contributed by atoms with E-state index in [1.807, 2.05) is 5.38 Å². The number of ketones is 1. The van der Waals surface area contributed by atoms with Crippen molar-refractivity contribution in [3.63, 3.8) is 0 Å². The number of thiophene rings is 1. The first-order chi connectivity index (χ1) is 8.68. The highest BCUT2D eigenvalue weighted by molar-refractivity contribution is 7.12. The molecule has 0 atom stereocenters. The van der Waals surface area contributed by atoms with Crippen LogP contribution in [0.15, 0.2) is 47.9 Å². The molecule has 2 aromatic rings. The van der Waals surface area contributed by atoms with Crippen LogP contribution in [0.5, 0.6) is 0 Å². The fraction of sp³-hybridized carbons (Fsp3) is 0. The molecule has 0 spiro atoms. The molecule has 5 heteroatoms. The molecule has 2 rings (SSSR count). The lowest BCUT2D eigenvalue weighted by molar-refractivity contribution is -0.385. The van der Waals surface area contributed by atoms with Crippen molar-refractivity contribution in [3.05, 3.63) is 68.4 Å². The first-order valence-corrected chi connectivity index (χ1v) is 6.06. The highest BCUT2D eigenvalue weighted by atomic mass is 32.1. The molecule has 1 heterocycles. The summed E-state index contributed by atoms with van der Waals surface area (Å²) in [6.45, 7) is 0. The van der Waals surface area contributed by atoms with E-state index in [0.29, 0.717) is 10.4 Å². The molecule has 0 saturated heterocycles. The number of carbonyl (C=O) groups excluding carboxylic acids is 1. The van der Waals surface area contributed by atoms with Gasteiger partial charge in [0, 0.05) is 6.07 Å². The van der Waals surface area contributed by atoms with Crippen molar-refractivity contribution in [1.29, 1.82) is 0 Å². The summed E-state index contributed by atoms with van der Waals surface area (Å²) in [6, 6.07) is 9.82. The quantitative estimate of drug-likeness (QED) is 0.365. The van der Waals surface area contributed by atoms with Gasteiger partial charge in [-0.2, -0.15) is 0 Å². The van der Waals surface area contributed by atoms with Gasteiger partial charge in [-0.25, -0.2) is 0 Å². The van der Waals surface area contributed by atoms with E-state index in [0.717, 1.165) is 0 Å². The standard InChI is InChI=1S/C13H9NO3S/c15-12(13-6-3-9-18-13)8-7-10-4-1-2-5-11(10)14(16)17/h1-9H/b8-7+. The number of nitrogens with zero attached hydrogens (tertiary/aromatic N) is 1. The van der Waals surface area contributed by atoms with Crippen molar-refractivity contribution in [2.75, 3.05) is 0 Å². The highest BCUT2D eigenvalue weighted by Crippen LogP contribution is 2.19. The van der Waals surface area contributed by atoms with E-state index in [-0.39, 0.29) is 11.5 Å². The Morgan fingerprint density at radius 2 is 2.00 bits per heavy atom. The number of nitro groups is 1. The van der Waals surface area contributed by atoms with Crippen molar-refractivity contribution < 1.29 is 9.72 Å². The van der Waals surface area contributed by atoms with Crippen LogP contribution in [0, 0.1) is 10.1 Å². The Kier molecular flexibility index (Phi) is 3.64. The van der Waals surface area contributed by atoms with Crippen LogP contribution in [0.2, 0.25) is 0 Å². The lowest BCUT2D eigenvalue weighted by Gasteiger charge is -1.95. The largest absolute Gasteiger partial charge is 0.288 e. The predicted octanol–water partition coefficient (Wildman–Crippen LogP) is 3.55. The Labute approximate surface area is 107 Å². The molecule has 18 heavy (non-hydrogen) atoms. The second-order valence-electron chi connectivity index (χ2n) is 3.49. The maximum atomic E-state index is 11.7. The summed E-state index contributed by atoms with van der Waals surface area (Å²) >= 11 is 1.34. The average Bonchev–Trinajstić information content (AvgIpc) is 2.90. The third-order valence-electron chi connectivity index (χ3n) is 2.31. The molecule has 90 valence electrons. The minimum absolute atomic E-state index is 0.00673. The Morgan fingerprint density at radius 3 is 2.67 bits per heavy atom. The van der Waals surface area contributed by atoms with Gasteiger partial charge in [0.1, 0.15) is 0 Å². The van der Waals surface area contributed by atoms with E-state index in [1.54, 1.807) is 30.3 Å². The van der Waals surface area contributed by atoms with Gasteiger partial charge in [-0.05, 0) is 29.7 Å². The van der Waals surface area contributed by atoms with Crippen molar-refractivity contribution in [1.82, 2.24) is 0 Å². The van der Waals surface area contributed by atoms with E-state index >= 15 is 0 Å². The summed E-state index contributed by atoms with van der Waals surface area (Å²) in [7, 11) is 0. The summed E-state index contributed by atoms with van der Waals surface area (Å²) in [6.07, 6.45) is 2.83. The van der Waals surface area contributed by atoms with Crippen LogP contribution < -0.4 is 0 Å². The van der Waals surface area contributed by atoms with Crippen LogP contribution in [0.25, 0.3) is 6.08 Å². The summed E-state index contributed by atoms with van der Waals surface area (Å²) < 4.78 is 0. The number of carbonyl (C=O) groups is 1. The second kappa shape index (κ2) is 5.37. The minimum Gasteiger partial charge on any atom is -0.288 e. The highest BCUT2D eigenvalue weighted by Gasteiger charge is 2.10. The number of benzene rings is 1. The van der Waals surface area contributed by atoms with E-state index in [9.17, 15) is 14.9 Å². The van der Waals surface area contributed by atoms with Crippen LogP contribution >= 0.6 is 11.3 Å². The van der Waals surface area contributed by atoms with Gasteiger partial charge in [0.05, 0.1) is 15.4 Å². The topological polar surface area (TPSA) is 60.2 Å². The van der Waals surface area contributed by atoms with Crippen molar-refractivity contribution in [2.24, 2.45) is 0 Å². The van der Waals surface area contributed by atoms with E-state index in [2.05, 4.69) is 0 Å². The van der Waals surface area contributed by atoms with E-state index in [4.69, 9.17) is 0 Å². The summed E-state index contributed by atoms with van der Waals surface area (Å²) in [5.74, 6) is -0.150. The van der Waals surface area contributed by atoms with Crippen LogP contribution in [-0.2, 0) is 0 Å². The van der Waals surface area contributed by atoms with Gasteiger partial charge in [0.15, 0.2) is 5.78 Å². The molecule has 0 aliphatic heterocycles. The van der Waals surface area contributed by atoms with Gasteiger partial charge in [0.2, 0.25) is 0 Å². The van der Waals surface area contributed by atoms with Gasteiger partial charge in [-0.3, -0.25) is 14.9 Å². The number of hydrogen-bond donors (Lipinski definition) is 0. The Hall–Kier alpha value is -2.27. The summed E-state index contributed by atoms with van der Waals surface area (Å²) in [5, 5.41) is 12.6. The van der Waals surface area contributed by atoms with Crippen LogP contribution in [0.4, 0.5) is 5.69 Å². The Balaban J connectivity index is 2.24. The molecule has 1 aromatic heterocycles. The molecule has 0 radical (unpaired) electrons. The van der Waals surface area contributed by atoms with Gasteiger partial charge in [-0.15, -0.1) is 11.3 Å². The summed E-state index contributed by atoms with van der Waals surface area (Å²) in [5.41, 5.74) is 0.417. The molecule has 0 bridgehead atoms. The summed E-state index contributed by atoms with van der Waals surface area (Å²) in [4.78, 5) is 22.7. The Bertz CT molecular complexity index is 602. The lowest BCUT2D eigenvalue weighted by atomic mass is 10.1. The van der Waals surface area contributed by atoms with Crippen LogP contribution in [0.3, 0.4) is 0 Å². The lowest BCUT2D eigenvalue weighted by Crippen LogP contribution is -1.92. The fourth-order valence-corrected chi connectivity index (χ4v) is 2.11. The number of para-hydroxylation sites is 1. The first-order valence-electron chi connectivity index (χ1n) is 5.18. The molecule has 0 aliphatic rings. The molecular weight excluding hydrogens is 250 g/mol. The number of hydrogen-bond acceptors (Lipinski definition) is 4. The van der Waals surface area contributed by atoms with Gasteiger partial charge < -0.3 is 0 Å². The molecule has 0 fully saturated rings. The minimum atomic E-state index is -0.463. The number of nitro benzene ring substituents is 1. The molecule has 1 aromatic carbocycles. The monoisotopic (exact) mass is 259 g/mol. The van der Waals surface area contributed by atoms with Crippen molar-refractivity contribution in [2.45, 2.75) is 0 Å². The van der Waals surface area contributed by atoms with Gasteiger partial charge >= 0.3 is 0 Å². The van der Waals surface area contributed by atoms with Gasteiger partial charge in [0.25, 0.3) is 5.69 Å². The van der Waals surface area contributed by atoms with E-state index < -0.39 is 4.92 Å². The van der Waals surface area contributed by atoms with E-state index in [1.165, 1.54) is 29.6 Å². The van der Waals surface area contributed by atoms with Crippen LogP contribution in [0.1, 0.15) is 15.2 Å². The maximum Gasteiger partial charge on any atom is 0.276 e. The molecule has 0 N–H and O–H groups in total. The number of allylic oxidation sites excluding steroid dienone is 1. The third-order valence-corrected chi connectivity index (χ3v) is 3.20.